The molecule has 1 saturated carbocycles. The predicted octanol–water partition coefficient (Wildman–Crippen LogP) is 3.06. The molecular formula is C21H24FN7O2. The van der Waals surface area contributed by atoms with Gasteiger partial charge in [-0.05, 0) is 31.4 Å². The molecule has 0 saturated heterocycles. The highest BCUT2D eigenvalue weighted by Crippen LogP contribution is 2.35. The Hall–Kier alpha value is -3.40. The average molecular weight is 425 g/mol. The Labute approximate surface area is 178 Å². The fourth-order valence-corrected chi connectivity index (χ4v) is 3.22. The van der Waals surface area contributed by atoms with Crippen LogP contribution in [0.4, 0.5) is 21.6 Å². The molecule has 1 amide bonds. The summed E-state index contributed by atoms with van der Waals surface area (Å²) in [6.45, 7) is 3.83. The third kappa shape index (κ3) is 4.53. The van der Waals surface area contributed by atoms with Crippen LogP contribution in [0.5, 0.6) is 0 Å². The lowest BCUT2D eigenvalue weighted by Gasteiger charge is -2.13. The molecule has 0 aliphatic heterocycles. The van der Waals surface area contributed by atoms with Gasteiger partial charge in [0.15, 0.2) is 0 Å². The summed E-state index contributed by atoms with van der Waals surface area (Å²) in [4.78, 5) is 24.7. The Kier molecular flexibility index (Phi) is 5.64. The van der Waals surface area contributed by atoms with Crippen molar-refractivity contribution in [2.75, 3.05) is 10.6 Å². The number of aryl methyl sites for hydroxylation is 2. The highest BCUT2D eigenvalue weighted by molar-refractivity contribution is 5.94. The Bertz CT molecular complexity index is 1120. The number of anilines is 3. The standard InChI is InChI=1S/C21H24FN7O2/c1-4-18(30)14-5-11(2)16(8-23-14)26-17-9-29(3)28-20(17)15-7-19(25-10-24-15)27-21(31)12-6-13(12)22/h5,7-10,12-13,18,26,30H,4,6H2,1-3H3,(H,24,25,27,31)/t12-,13+,18-/m0/s1. The number of hydrogen-bond donors (Lipinski definition) is 3. The number of aromatic nitrogens is 5. The minimum absolute atomic E-state index is 0.250. The molecule has 162 valence electrons. The van der Waals surface area contributed by atoms with Gasteiger partial charge in [0.1, 0.15) is 24.0 Å². The van der Waals surface area contributed by atoms with Crippen molar-refractivity contribution in [3.63, 3.8) is 0 Å². The number of rotatable bonds is 7. The van der Waals surface area contributed by atoms with Gasteiger partial charge in [-0.25, -0.2) is 14.4 Å². The van der Waals surface area contributed by atoms with E-state index in [9.17, 15) is 14.3 Å². The first-order valence-electron chi connectivity index (χ1n) is 10.1. The number of carbonyl (C=O) groups excluding carboxylic acids is 1. The number of nitrogens with one attached hydrogen (secondary N) is 2. The van der Waals surface area contributed by atoms with Gasteiger partial charge in [0, 0.05) is 19.3 Å². The van der Waals surface area contributed by atoms with Gasteiger partial charge in [0.05, 0.1) is 41.0 Å². The summed E-state index contributed by atoms with van der Waals surface area (Å²) >= 11 is 0. The Morgan fingerprint density at radius 3 is 2.77 bits per heavy atom. The average Bonchev–Trinajstić information content (AvgIpc) is 3.38. The zero-order valence-electron chi connectivity index (χ0n) is 17.5. The summed E-state index contributed by atoms with van der Waals surface area (Å²) in [6, 6.07) is 3.45. The van der Waals surface area contributed by atoms with Crippen LogP contribution in [0.1, 0.15) is 37.1 Å². The third-order valence-corrected chi connectivity index (χ3v) is 5.17. The minimum Gasteiger partial charge on any atom is -0.387 e. The predicted molar refractivity (Wildman–Crippen MR) is 113 cm³/mol. The number of amides is 1. The molecule has 0 spiro atoms. The van der Waals surface area contributed by atoms with Crippen LogP contribution in [0.25, 0.3) is 11.4 Å². The van der Waals surface area contributed by atoms with Crippen molar-refractivity contribution in [2.45, 2.75) is 39.0 Å². The van der Waals surface area contributed by atoms with Crippen LogP contribution in [0.15, 0.2) is 30.9 Å². The van der Waals surface area contributed by atoms with E-state index in [1.165, 1.54) is 6.33 Å². The molecule has 3 atom stereocenters. The van der Waals surface area contributed by atoms with Gasteiger partial charge in [-0.3, -0.25) is 14.5 Å². The molecule has 31 heavy (non-hydrogen) atoms. The molecule has 9 nitrogen and oxygen atoms in total. The van der Waals surface area contributed by atoms with Crippen molar-refractivity contribution >= 4 is 23.1 Å². The van der Waals surface area contributed by atoms with Gasteiger partial charge in [-0.15, -0.1) is 0 Å². The molecule has 1 aliphatic rings. The first-order valence-corrected chi connectivity index (χ1v) is 10.1. The Balaban J connectivity index is 1.58. The van der Waals surface area contributed by atoms with E-state index in [1.807, 2.05) is 26.1 Å². The van der Waals surface area contributed by atoms with Crippen molar-refractivity contribution in [1.29, 1.82) is 0 Å². The van der Waals surface area contributed by atoms with Gasteiger partial charge < -0.3 is 15.7 Å². The quantitative estimate of drug-likeness (QED) is 0.532. The number of aliphatic hydroxyl groups is 1. The zero-order chi connectivity index (χ0) is 22.1. The lowest BCUT2D eigenvalue weighted by molar-refractivity contribution is -0.117. The maximum Gasteiger partial charge on any atom is 0.231 e. The summed E-state index contributed by atoms with van der Waals surface area (Å²) in [7, 11) is 1.79. The molecule has 0 aromatic carbocycles. The molecule has 0 bridgehead atoms. The largest absolute Gasteiger partial charge is 0.387 e. The number of halogens is 1. The normalized spacial score (nSPS) is 18.5. The van der Waals surface area contributed by atoms with Gasteiger partial charge in [-0.1, -0.05) is 6.92 Å². The lowest BCUT2D eigenvalue weighted by atomic mass is 10.1. The third-order valence-electron chi connectivity index (χ3n) is 5.17. The molecule has 10 heteroatoms. The molecule has 3 aromatic heterocycles. The van der Waals surface area contributed by atoms with Gasteiger partial charge in [0.2, 0.25) is 5.91 Å². The maximum absolute atomic E-state index is 13.1. The smallest absolute Gasteiger partial charge is 0.231 e. The highest BCUT2D eigenvalue weighted by Gasteiger charge is 2.43. The van der Waals surface area contributed by atoms with Gasteiger partial charge in [0.25, 0.3) is 0 Å². The second-order valence-corrected chi connectivity index (χ2v) is 7.67. The Morgan fingerprint density at radius 1 is 1.32 bits per heavy atom. The molecule has 0 radical (unpaired) electrons. The van der Waals surface area contributed by atoms with E-state index >= 15 is 0 Å². The number of nitrogens with zero attached hydrogens (tertiary/aromatic N) is 5. The van der Waals surface area contributed by atoms with Crippen molar-refractivity contribution in [3.05, 3.63) is 42.1 Å². The fourth-order valence-electron chi connectivity index (χ4n) is 3.22. The summed E-state index contributed by atoms with van der Waals surface area (Å²) in [5.41, 5.74) is 4.08. The SMILES string of the molecule is CC[C@H](O)c1cc(C)c(Nc2cn(C)nc2-c2cc(NC(=O)[C@H]3C[C@H]3F)ncn2)cn1. The lowest BCUT2D eigenvalue weighted by Crippen LogP contribution is -2.16. The van der Waals surface area contributed by atoms with E-state index in [1.54, 1.807) is 24.0 Å². The molecule has 3 aromatic rings. The zero-order valence-corrected chi connectivity index (χ0v) is 17.5. The first kappa shape index (κ1) is 20.9. The first-order chi connectivity index (χ1) is 14.9. The van der Waals surface area contributed by atoms with Crippen LogP contribution in [0, 0.1) is 12.8 Å². The van der Waals surface area contributed by atoms with Crippen molar-refractivity contribution in [3.8, 4) is 11.4 Å². The summed E-state index contributed by atoms with van der Waals surface area (Å²) < 4.78 is 14.8. The molecule has 3 heterocycles. The highest BCUT2D eigenvalue weighted by atomic mass is 19.1. The molecule has 0 unspecified atom stereocenters. The van der Waals surface area contributed by atoms with E-state index in [0.717, 1.165) is 11.3 Å². The van der Waals surface area contributed by atoms with Crippen LogP contribution in [-0.4, -0.2) is 41.9 Å². The molecule has 3 N–H and O–H groups in total. The summed E-state index contributed by atoms with van der Waals surface area (Å²) in [6.07, 6.45) is 3.98. The molecular weight excluding hydrogens is 401 g/mol. The van der Waals surface area contributed by atoms with Crippen molar-refractivity contribution in [1.82, 2.24) is 24.7 Å². The van der Waals surface area contributed by atoms with Crippen LogP contribution in [0.2, 0.25) is 0 Å². The van der Waals surface area contributed by atoms with Crippen LogP contribution >= 0.6 is 0 Å². The molecule has 1 fully saturated rings. The number of pyridine rings is 1. The van der Waals surface area contributed by atoms with Gasteiger partial charge >= 0.3 is 0 Å². The summed E-state index contributed by atoms with van der Waals surface area (Å²) in [5, 5.41) is 20.4. The van der Waals surface area contributed by atoms with Crippen molar-refractivity contribution in [2.24, 2.45) is 13.0 Å². The van der Waals surface area contributed by atoms with Crippen LogP contribution in [0.3, 0.4) is 0 Å². The molecule has 4 rings (SSSR count). The topological polar surface area (TPSA) is 118 Å². The van der Waals surface area contributed by atoms with E-state index in [4.69, 9.17) is 0 Å². The fraction of sp³-hybridized carbons (Fsp3) is 0.381. The van der Waals surface area contributed by atoms with E-state index in [2.05, 4.69) is 30.7 Å². The minimum atomic E-state index is -1.07. The van der Waals surface area contributed by atoms with Crippen LogP contribution < -0.4 is 10.6 Å². The van der Waals surface area contributed by atoms with Gasteiger partial charge in [-0.2, -0.15) is 5.10 Å². The number of alkyl halides is 1. The maximum atomic E-state index is 13.1. The number of hydrogen-bond acceptors (Lipinski definition) is 7. The van der Waals surface area contributed by atoms with E-state index < -0.39 is 18.2 Å². The van der Waals surface area contributed by atoms with E-state index in [-0.39, 0.29) is 12.3 Å². The van der Waals surface area contributed by atoms with E-state index in [0.29, 0.717) is 35.0 Å². The van der Waals surface area contributed by atoms with Crippen molar-refractivity contribution < 1.29 is 14.3 Å². The van der Waals surface area contributed by atoms with Crippen LogP contribution in [-0.2, 0) is 11.8 Å². The Morgan fingerprint density at radius 2 is 2.10 bits per heavy atom. The second-order valence-electron chi connectivity index (χ2n) is 7.67. The number of aliphatic hydroxyl groups excluding tert-OH is 1. The monoisotopic (exact) mass is 425 g/mol. The summed E-state index contributed by atoms with van der Waals surface area (Å²) in [5.74, 6) is -0.691. The molecule has 1 aliphatic carbocycles. The number of carbonyl (C=O) groups is 1. The second kappa shape index (κ2) is 8.38.